The average molecular weight is 397 g/mol. The van der Waals surface area contributed by atoms with Gasteiger partial charge < -0.3 is 9.47 Å². The lowest BCUT2D eigenvalue weighted by molar-refractivity contribution is 0.426. The zero-order chi connectivity index (χ0) is 20.5. The Balaban J connectivity index is 1.73. The Kier molecular flexibility index (Phi) is 4.99. The standard InChI is InChI=1S/C26H28N4/c1-19-13-15-22(16-14-19)30-17-23(20-9-5-3-6-10-20)24-25(27-18-28-26(24)30)29(2)21-11-7-4-8-12-21/h3,5-6,9-10,13-18,21H,4,7-8,11-12H2,1-2H3. The molecule has 0 radical (unpaired) electrons. The van der Waals surface area contributed by atoms with Gasteiger partial charge in [0.15, 0.2) is 5.65 Å². The van der Waals surface area contributed by atoms with Gasteiger partial charge in [0.2, 0.25) is 0 Å². The minimum absolute atomic E-state index is 0.545. The quantitative estimate of drug-likeness (QED) is 0.414. The van der Waals surface area contributed by atoms with Gasteiger partial charge >= 0.3 is 0 Å². The summed E-state index contributed by atoms with van der Waals surface area (Å²) < 4.78 is 2.21. The topological polar surface area (TPSA) is 34.0 Å². The van der Waals surface area contributed by atoms with Crippen LogP contribution in [-0.4, -0.2) is 27.6 Å². The molecule has 4 heteroatoms. The summed E-state index contributed by atoms with van der Waals surface area (Å²) in [5.74, 6) is 1.04. The summed E-state index contributed by atoms with van der Waals surface area (Å²) in [5.41, 5.74) is 5.72. The third kappa shape index (κ3) is 3.36. The van der Waals surface area contributed by atoms with Gasteiger partial charge in [0.25, 0.3) is 0 Å². The predicted octanol–water partition coefficient (Wildman–Crippen LogP) is 6.16. The second kappa shape index (κ2) is 7.94. The Morgan fingerprint density at radius 3 is 2.37 bits per heavy atom. The second-order valence-corrected chi connectivity index (χ2v) is 8.41. The van der Waals surface area contributed by atoms with E-state index >= 15 is 0 Å². The molecule has 1 fully saturated rings. The van der Waals surface area contributed by atoms with Crippen LogP contribution in [0.1, 0.15) is 37.7 Å². The molecule has 152 valence electrons. The lowest BCUT2D eigenvalue weighted by atomic mass is 9.94. The van der Waals surface area contributed by atoms with Crippen LogP contribution in [0.2, 0.25) is 0 Å². The average Bonchev–Trinajstić information content (AvgIpc) is 3.20. The van der Waals surface area contributed by atoms with Crippen molar-refractivity contribution in [2.45, 2.75) is 45.1 Å². The molecule has 0 bridgehead atoms. The fourth-order valence-corrected chi connectivity index (χ4v) is 4.69. The maximum absolute atomic E-state index is 4.79. The van der Waals surface area contributed by atoms with Crippen LogP contribution >= 0.6 is 0 Å². The number of hydrogen-bond donors (Lipinski definition) is 0. The zero-order valence-electron chi connectivity index (χ0n) is 17.8. The molecule has 0 spiro atoms. The highest BCUT2D eigenvalue weighted by Crippen LogP contribution is 2.38. The molecule has 0 aliphatic heterocycles. The summed E-state index contributed by atoms with van der Waals surface area (Å²) in [5, 5.41) is 1.14. The largest absolute Gasteiger partial charge is 0.356 e. The van der Waals surface area contributed by atoms with E-state index in [0.29, 0.717) is 6.04 Å². The molecule has 0 saturated heterocycles. The smallest absolute Gasteiger partial charge is 0.150 e. The van der Waals surface area contributed by atoms with Crippen LogP contribution < -0.4 is 4.90 Å². The molecule has 4 nitrogen and oxygen atoms in total. The minimum Gasteiger partial charge on any atom is -0.356 e. The van der Waals surface area contributed by atoms with Crippen LogP contribution in [0.15, 0.2) is 67.1 Å². The summed E-state index contributed by atoms with van der Waals surface area (Å²) in [6, 6.07) is 19.8. The predicted molar refractivity (Wildman–Crippen MR) is 124 cm³/mol. The van der Waals surface area contributed by atoms with Crippen LogP contribution in [0.25, 0.3) is 27.8 Å². The van der Waals surface area contributed by atoms with Gasteiger partial charge in [0, 0.05) is 30.5 Å². The maximum atomic E-state index is 4.79. The van der Waals surface area contributed by atoms with Crippen molar-refractivity contribution < 1.29 is 0 Å². The van der Waals surface area contributed by atoms with Gasteiger partial charge in [-0.1, -0.05) is 67.3 Å². The lowest BCUT2D eigenvalue weighted by Crippen LogP contribution is -2.34. The molecule has 0 atom stereocenters. The summed E-state index contributed by atoms with van der Waals surface area (Å²) in [6.45, 7) is 2.12. The van der Waals surface area contributed by atoms with Gasteiger partial charge in [0.1, 0.15) is 12.1 Å². The van der Waals surface area contributed by atoms with Gasteiger partial charge in [-0.05, 0) is 37.5 Å². The highest BCUT2D eigenvalue weighted by atomic mass is 15.2. The summed E-state index contributed by atoms with van der Waals surface area (Å²) in [6.07, 6.45) is 10.4. The fraction of sp³-hybridized carbons (Fsp3) is 0.308. The number of aryl methyl sites for hydroxylation is 1. The van der Waals surface area contributed by atoms with Crippen LogP contribution in [0.3, 0.4) is 0 Å². The normalized spacial score (nSPS) is 14.9. The number of hydrogen-bond acceptors (Lipinski definition) is 3. The Morgan fingerprint density at radius 1 is 0.900 bits per heavy atom. The van der Waals surface area contributed by atoms with E-state index in [2.05, 4.69) is 84.2 Å². The van der Waals surface area contributed by atoms with Crippen LogP contribution in [0.5, 0.6) is 0 Å². The fourth-order valence-electron chi connectivity index (χ4n) is 4.69. The van der Waals surface area contributed by atoms with Crippen LogP contribution in [0, 0.1) is 6.92 Å². The molecule has 2 heterocycles. The first-order valence-electron chi connectivity index (χ1n) is 10.9. The van der Waals surface area contributed by atoms with E-state index < -0.39 is 0 Å². The van der Waals surface area contributed by atoms with Crippen molar-refractivity contribution in [1.82, 2.24) is 14.5 Å². The first-order valence-corrected chi connectivity index (χ1v) is 10.9. The van der Waals surface area contributed by atoms with E-state index in [0.717, 1.165) is 22.5 Å². The van der Waals surface area contributed by atoms with E-state index in [1.807, 2.05) is 0 Å². The van der Waals surface area contributed by atoms with Crippen molar-refractivity contribution in [3.05, 3.63) is 72.7 Å². The van der Waals surface area contributed by atoms with Gasteiger partial charge in [-0.2, -0.15) is 0 Å². The van der Waals surface area contributed by atoms with Crippen molar-refractivity contribution in [2.75, 3.05) is 11.9 Å². The van der Waals surface area contributed by atoms with E-state index in [1.165, 1.54) is 48.8 Å². The van der Waals surface area contributed by atoms with E-state index in [9.17, 15) is 0 Å². The zero-order valence-corrected chi connectivity index (χ0v) is 17.8. The molecule has 2 aromatic heterocycles. The van der Waals surface area contributed by atoms with Crippen molar-refractivity contribution in [3.8, 4) is 16.8 Å². The minimum atomic E-state index is 0.545. The number of rotatable bonds is 4. The summed E-state index contributed by atoms with van der Waals surface area (Å²) in [4.78, 5) is 11.9. The SMILES string of the molecule is Cc1ccc(-n2cc(-c3ccccc3)c3c(N(C)C4CCCCC4)ncnc32)cc1. The molecule has 4 aromatic rings. The molecular weight excluding hydrogens is 368 g/mol. The first-order chi connectivity index (χ1) is 14.7. The number of nitrogens with zero attached hydrogens (tertiary/aromatic N) is 4. The van der Waals surface area contributed by atoms with Crippen LogP contribution in [0.4, 0.5) is 5.82 Å². The highest BCUT2D eigenvalue weighted by Gasteiger charge is 2.24. The van der Waals surface area contributed by atoms with E-state index in [4.69, 9.17) is 9.97 Å². The highest BCUT2D eigenvalue weighted by molar-refractivity contribution is 6.02. The molecular formula is C26H28N4. The van der Waals surface area contributed by atoms with Crippen molar-refractivity contribution >= 4 is 16.9 Å². The van der Waals surface area contributed by atoms with Gasteiger partial charge in [-0.15, -0.1) is 0 Å². The van der Waals surface area contributed by atoms with Gasteiger partial charge in [-0.3, -0.25) is 0 Å². The Hall–Kier alpha value is -3.14. The van der Waals surface area contributed by atoms with E-state index in [-0.39, 0.29) is 0 Å². The van der Waals surface area contributed by atoms with E-state index in [1.54, 1.807) is 6.33 Å². The monoisotopic (exact) mass is 396 g/mol. The molecule has 30 heavy (non-hydrogen) atoms. The Bertz CT molecular complexity index is 1140. The first kappa shape index (κ1) is 18.9. The number of anilines is 1. The molecule has 1 aliphatic carbocycles. The third-order valence-corrected chi connectivity index (χ3v) is 6.42. The number of fused-ring (bicyclic) bond motifs is 1. The Labute approximate surface area is 178 Å². The maximum Gasteiger partial charge on any atom is 0.150 e. The third-order valence-electron chi connectivity index (χ3n) is 6.42. The summed E-state index contributed by atoms with van der Waals surface area (Å²) in [7, 11) is 2.20. The second-order valence-electron chi connectivity index (χ2n) is 8.41. The molecule has 0 N–H and O–H groups in total. The van der Waals surface area contributed by atoms with Crippen molar-refractivity contribution in [1.29, 1.82) is 0 Å². The van der Waals surface area contributed by atoms with Crippen molar-refractivity contribution in [3.63, 3.8) is 0 Å². The molecule has 0 unspecified atom stereocenters. The molecule has 1 aliphatic rings. The van der Waals surface area contributed by atoms with Crippen LogP contribution in [-0.2, 0) is 0 Å². The molecule has 1 saturated carbocycles. The Morgan fingerprint density at radius 2 is 1.63 bits per heavy atom. The number of aromatic nitrogens is 3. The molecule has 0 amide bonds. The van der Waals surface area contributed by atoms with Gasteiger partial charge in [0.05, 0.1) is 5.39 Å². The molecule has 2 aromatic carbocycles. The van der Waals surface area contributed by atoms with Crippen molar-refractivity contribution in [2.24, 2.45) is 0 Å². The number of benzene rings is 2. The molecule has 5 rings (SSSR count). The van der Waals surface area contributed by atoms with Gasteiger partial charge in [-0.25, -0.2) is 9.97 Å². The summed E-state index contributed by atoms with van der Waals surface area (Å²) >= 11 is 0. The lowest BCUT2D eigenvalue weighted by Gasteiger charge is -2.32.